The van der Waals surface area contributed by atoms with Crippen LogP contribution >= 0.6 is 12.4 Å². The molecule has 0 spiro atoms. The van der Waals surface area contributed by atoms with E-state index >= 15 is 0 Å². The van der Waals surface area contributed by atoms with E-state index in [0.29, 0.717) is 11.3 Å². The molecule has 0 radical (unpaired) electrons. The van der Waals surface area contributed by atoms with Crippen LogP contribution in [0.15, 0.2) is 28.8 Å². The van der Waals surface area contributed by atoms with Crippen LogP contribution in [0.5, 0.6) is 0 Å². The molecule has 8 heteroatoms. The molecule has 1 aromatic heterocycles. The molecule has 92 valence electrons. The average molecular weight is 266 g/mol. The van der Waals surface area contributed by atoms with Crippen molar-refractivity contribution in [2.75, 3.05) is 5.73 Å². The molecule has 0 amide bonds. The van der Waals surface area contributed by atoms with Crippen molar-refractivity contribution in [3.63, 3.8) is 0 Å². The van der Waals surface area contributed by atoms with Gasteiger partial charge in [0.1, 0.15) is 0 Å². The van der Waals surface area contributed by atoms with E-state index in [1.54, 1.807) is 12.1 Å². The number of alkyl halides is 3. The van der Waals surface area contributed by atoms with Gasteiger partial charge in [-0.25, -0.2) is 0 Å². The number of halogens is 4. The Morgan fingerprint density at radius 1 is 1.12 bits per heavy atom. The van der Waals surface area contributed by atoms with Crippen molar-refractivity contribution >= 4 is 18.1 Å². The molecule has 0 unspecified atom stereocenters. The van der Waals surface area contributed by atoms with Crippen LogP contribution in [0.1, 0.15) is 5.89 Å². The van der Waals surface area contributed by atoms with Gasteiger partial charge in [-0.2, -0.15) is 18.2 Å². The summed E-state index contributed by atoms with van der Waals surface area (Å²) in [6, 6.07) is 6.11. The van der Waals surface area contributed by atoms with Crippen molar-refractivity contribution in [2.45, 2.75) is 6.18 Å². The summed E-state index contributed by atoms with van der Waals surface area (Å²) in [4.78, 5) is 3.24. The maximum atomic E-state index is 12.2. The van der Waals surface area contributed by atoms with Crippen molar-refractivity contribution in [1.82, 2.24) is 10.1 Å². The van der Waals surface area contributed by atoms with Crippen molar-refractivity contribution in [3.8, 4) is 11.4 Å². The van der Waals surface area contributed by atoms with Gasteiger partial charge in [0.2, 0.25) is 5.82 Å². The van der Waals surface area contributed by atoms with E-state index in [1.165, 1.54) is 12.1 Å². The number of rotatable bonds is 1. The van der Waals surface area contributed by atoms with Crippen LogP contribution < -0.4 is 5.73 Å². The first-order valence-corrected chi connectivity index (χ1v) is 4.23. The van der Waals surface area contributed by atoms with Crippen LogP contribution in [0.25, 0.3) is 11.4 Å². The topological polar surface area (TPSA) is 64.9 Å². The summed E-state index contributed by atoms with van der Waals surface area (Å²) in [5.74, 6) is -1.48. The minimum atomic E-state index is -4.63. The summed E-state index contributed by atoms with van der Waals surface area (Å²) in [5, 5.41) is 3.24. The predicted molar refractivity (Wildman–Crippen MR) is 56.4 cm³/mol. The van der Waals surface area contributed by atoms with Gasteiger partial charge in [-0.05, 0) is 24.3 Å². The Morgan fingerprint density at radius 3 is 2.18 bits per heavy atom. The molecular formula is C9H7ClF3N3O. The van der Waals surface area contributed by atoms with Crippen LogP contribution in [0, 0.1) is 0 Å². The first kappa shape index (κ1) is 13.3. The SMILES string of the molecule is Cl.Nc1ccc(-c2noc(C(F)(F)F)n2)cc1. The highest BCUT2D eigenvalue weighted by atomic mass is 35.5. The number of nitrogens with zero attached hydrogens (tertiary/aromatic N) is 2. The third-order valence-corrected chi connectivity index (χ3v) is 1.84. The number of anilines is 1. The molecule has 0 bridgehead atoms. The van der Waals surface area contributed by atoms with Crippen LogP contribution in [0.4, 0.5) is 18.9 Å². The molecule has 0 saturated heterocycles. The lowest BCUT2D eigenvalue weighted by Gasteiger charge is -1.96. The standard InChI is InChI=1S/C9H6F3N3O.ClH/c10-9(11,12)8-14-7(15-16-8)5-1-3-6(13)4-2-5;/h1-4H,13H2;1H. The number of hydrogen-bond acceptors (Lipinski definition) is 4. The molecule has 1 heterocycles. The summed E-state index contributed by atoms with van der Waals surface area (Å²) in [7, 11) is 0. The van der Waals surface area contributed by atoms with E-state index in [4.69, 9.17) is 5.73 Å². The zero-order valence-corrected chi connectivity index (χ0v) is 9.05. The summed E-state index contributed by atoms with van der Waals surface area (Å²) in [6.07, 6.45) is -4.63. The summed E-state index contributed by atoms with van der Waals surface area (Å²) in [6.45, 7) is 0. The quantitative estimate of drug-likeness (QED) is 0.805. The zero-order chi connectivity index (χ0) is 11.8. The Morgan fingerprint density at radius 2 is 1.71 bits per heavy atom. The lowest BCUT2D eigenvalue weighted by atomic mass is 10.2. The second-order valence-electron chi connectivity index (χ2n) is 3.04. The number of nitrogens with two attached hydrogens (primary N) is 1. The maximum Gasteiger partial charge on any atom is 0.471 e. The van der Waals surface area contributed by atoms with E-state index < -0.39 is 12.1 Å². The molecule has 0 fully saturated rings. The first-order chi connectivity index (χ1) is 7.47. The lowest BCUT2D eigenvalue weighted by molar-refractivity contribution is -0.159. The molecule has 2 rings (SSSR count). The van der Waals surface area contributed by atoms with E-state index in [0.717, 1.165) is 0 Å². The van der Waals surface area contributed by atoms with Crippen molar-refractivity contribution in [1.29, 1.82) is 0 Å². The Hall–Kier alpha value is -1.76. The molecule has 0 saturated carbocycles. The third kappa shape index (κ3) is 2.88. The predicted octanol–water partition coefficient (Wildman–Crippen LogP) is 2.76. The summed E-state index contributed by atoms with van der Waals surface area (Å²) < 4.78 is 40.6. The van der Waals surface area contributed by atoms with E-state index in [-0.39, 0.29) is 18.2 Å². The Kier molecular flexibility index (Phi) is 3.62. The molecule has 0 aliphatic carbocycles. The Labute approximate surface area is 100 Å². The minimum Gasteiger partial charge on any atom is -0.399 e. The highest BCUT2D eigenvalue weighted by Gasteiger charge is 2.38. The highest BCUT2D eigenvalue weighted by Crippen LogP contribution is 2.29. The fraction of sp³-hybridized carbons (Fsp3) is 0.111. The fourth-order valence-electron chi connectivity index (χ4n) is 1.09. The monoisotopic (exact) mass is 265 g/mol. The lowest BCUT2D eigenvalue weighted by Crippen LogP contribution is -2.04. The van der Waals surface area contributed by atoms with Gasteiger partial charge in [-0.1, -0.05) is 5.16 Å². The Balaban J connectivity index is 0.00000144. The van der Waals surface area contributed by atoms with Crippen LogP contribution in [-0.4, -0.2) is 10.1 Å². The van der Waals surface area contributed by atoms with Gasteiger partial charge >= 0.3 is 12.1 Å². The third-order valence-electron chi connectivity index (χ3n) is 1.84. The van der Waals surface area contributed by atoms with E-state index in [2.05, 4.69) is 14.7 Å². The first-order valence-electron chi connectivity index (χ1n) is 4.23. The highest BCUT2D eigenvalue weighted by molar-refractivity contribution is 5.85. The smallest absolute Gasteiger partial charge is 0.399 e. The van der Waals surface area contributed by atoms with E-state index in [9.17, 15) is 13.2 Å². The molecule has 2 N–H and O–H groups in total. The van der Waals surface area contributed by atoms with Crippen molar-refractivity contribution in [2.24, 2.45) is 0 Å². The van der Waals surface area contributed by atoms with E-state index in [1.807, 2.05) is 0 Å². The fourth-order valence-corrected chi connectivity index (χ4v) is 1.09. The number of aromatic nitrogens is 2. The molecule has 2 aromatic rings. The second kappa shape index (κ2) is 4.62. The second-order valence-corrected chi connectivity index (χ2v) is 3.04. The molecular weight excluding hydrogens is 259 g/mol. The Bertz CT molecular complexity index is 495. The van der Waals surface area contributed by atoms with Gasteiger partial charge in [0.15, 0.2) is 0 Å². The molecule has 0 atom stereocenters. The van der Waals surface area contributed by atoms with Gasteiger partial charge in [0, 0.05) is 11.3 Å². The normalized spacial score (nSPS) is 11.0. The van der Waals surface area contributed by atoms with Gasteiger partial charge in [-0.3, -0.25) is 0 Å². The number of hydrogen-bond donors (Lipinski definition) is 1. The zero-order valence-electron chi connectivity index (χ0n) is 8.23. The molecule has 4 nitrogen and oxygen atoms in total. The van der Waals surface area contributed by atoms with Crippen LogP contribution in [-0.2, 0) is 6.18 Å². The molecule has 0 aliphatic heterocycles. The van der Waals surface area contributed by atoms with Crippen LogP contribution in [0.2, 0.25) is 0 Å². The van der Waals surface area contributed by atoms with Crippen LogP contribution in [0.3, 0.4) is 0 Å². The largest absolute Gasteiger partial charge is 0.471 e. The number of nitrogen functional groups attached to an aromatic ring is 1. The molecule has 17 heavy (non-hydrogen) atoms. The summed E-state index contributed by atoms with van der Waals surface area (Å²) in [5.41, 5.74) is 6.35. The van der Waals surface area contributed by atoms with Gasteiger partial charge < -0.3 is 10.3 Å². The average Bonchev–Trinajstić information content (AvgIpc) is 2.67. The van der Waals surface area contributed by atoms with Gasteiger partial charge in [-0.15, -0.1) is 12.4 Å². The van der Waals surface area contributed by atoms with Gasteiger partial charge in [0.05, 0.1) is 0 Å². The van der Waals surface area contributed by atoms with Crippen molar-refractivity contribution in [3.05, 3.63) is 30.2 Å². The summed E-state index contributed by atoms with van der Waals surface area (Å²) >= 11 is 0. The van der Waals surface area contributed by atoms with Crippen molar-refractivity contribution < 1.29 is 17.7 Å². The minimum absolute atomic E-state index is 0. The molecule has 0 aliphatic rings. The molecule has 1 aromatic carbocycles. The maximum absolute atomic E-state index is 12.2. The number of benzene rings is 1. The van der Waals surface area contributed by atoms with Gasteiger partial charge in [0.25, 0.3) is 0 Å².